The fraction of sp³-hybridized carbons (Fsp3) is 0.537. The molecule has 0 N–H and O–H groups in total. The maximum atomic E-state index is 12.7. The second kappa shape index (κ2) is 47.2. The van der Waals surface area contributed by atoms with Gasteiger partial charge in [0.1, 0.15) is 13.2 Å². The SMILES string of the molecule is CC\C=C/C=C\C=C/C=C\C=C/CCCCCC(=O)OCC(COC(=O)CCCCCCC/C=C\CCCCC)OC(=O)CCCCC\C=C/C=C\C=C/C=C\C=C/CC. The highest BCUT2D eigenvalue weighted by molar-refractivity contribution is 5.71. The lowest BCUT2D eigenvalue weighted by Gasteiger charge is -2.18. The summed E-state index contributed by atoms with van der Waals surface area (Å²) in [5.41, 5.74) is 0. The summed E-state index contributed by atoms with van der Waals surface area (Å²) in [4.78, 5) is 37.8. The minimum atomic E-state index is -0.825. The molecule has 0 aromatic carbocycles. The predicted octanol–water partition coefficient (Wildman–Crippen LogP) is 15.1. The molecule has 6 nitrogen and oxygen atoms in total. The Morgan fingerprint density at radius 2 is 0.667 bits per heavy atom. The van der Waals surface area contributed by atoms with Crippen LogP contribution in [0.2, 0.25) is 0 Å². The Hall–Kier alpha value is -4.45. The summed E-state index contributed by atoms with van der Waals surface area (Å²) in [5.74, 6) is -1.03. The summed E-state index contributed by atoms with van der Waals surface area (Å²) < 4.78 is 16.6. The van der Waals surface area contributed by atoms with Crippen molar-refractivity contribution in [2.45, 2.75) is 175 Å². The molecular weight excluding hydrogens is 745 g/mol. The normalized spacial score (nSPS) is 13.3. The first kappa shape index (κ1) is 55.5. The number of hydrogen-bond acceptors (Lipinski definition) is 6. The van der Waals surface area contributed by atoms with Gasteiger partial charge in [-0.15, -0.1) is 0 Å². The van der Waals surface area contributed by atoms with Crippen molar-refractivity contribution in [1.29, 1.82) is 0 Å². The van der Waals surface area contributed by atoms with Gasteiger partial charge in [0, 0.05) is 19.3 Å². The first-order valence-electron chi connectivity index (χ1n) is 23.3. The Kier molecular flexibility index (Phi) is 43.7. The zero-order valence-electron chi connectivity index (χ0n) is 37.9. The fourth-order valence-electron chi connectivity index (χ4n) is 5.65. The number of hydrogen-bond donors (Lipinski definition) is 0. The molecule has 60 heavy (non-hydrogen) atoms. The number of carbonyl (C=O) groups is 3. The quantitative estimate of drug-likeness (QED) is 0.0202. The van der Waals surface area contributed by atoms with Gasteiger partial charge in [-0.3, -0.25) is 14.4 Å². The number of esters is 3. The van der Waals surface area contributed by atoms with Crippen LogP contribution in [0.4, 0.5) is 0 Å². The molecule has 0 spiro atoms. The average molecular weight is 827 g/mol. The van der Waals surface area contributed by atoms with Crippen LogP contribution >= 0.6 is 0 Å². The Morgan fingerprint density at radius 1 is 0.350 bits per heavy atom. The minimum absolute atomic E-state index is 0.119. The Balaban J connectivity index is 4.61. The van der Waals surface area contributed by atoms with Gasteiger partial charge < -0.3 is 14.2 Å². The summed E-state index contributed by atoms with van der Waals surface area (Å²) in [6, 6.07) is 0. The van der Waals surface area contributed by atoms with Crippen LogP contribution in [0.3, 0.4) is 0 Å². The molecule has 0 fully saturated rings. The van der Waals surface area contributed by atoms with Crippen molar-refractivity contribution in [2.24, 2.45) is 0 Å². The van der Waals surface area contributed by atoms with Gasteiger partial charge >= 0.3 is 17.9 Å². The van der Waals surface area contributed by atoms with Crippen molar-refractivity contribution >= 4 is 17.9 Å². The summed E-state index contributed by atoms with van der Waals surface area (Å²) in [5, 5.41) is 0. The number of rotatable bonds is 39. The number of carbonyl (C=O) groups excluding carboxylic acids is 3. The van der Waals surface area contributed by atoms with E-state index in [9.17, 15) is 14.4 Å². The first-order valence-corrected chi connectivity index (χ1v) is 23.3. The highest BCUT2D eigenvalue weighted by atomic mass is 16.6. The van der Waals surface area contributed by atoms with Crippen LogP contribution in [0.15, 0.2) is 134 Å². The maximum absolute atomic E-state index is 12.7. The molecule has 0 rings (SSSR count). The van der Waals surface area contributed by atoms with E-state index in [4.69, 9.17) is 14.2 Å². The summed E-state index contributed by atoms with van der Waals surface area (Å²) in [6.07, 6.45) is 65.7. The molecule has 0 amide bonds. The van der Waals surface area contributed by atoms with Gasteiger partial charge in [-0.25, -0.2) is 0 Å². The molecular formula is C54H82O6. The van der Waals surface area contributed by atoms with Gasteiger partial charge in [0.25, 0.3) is 0 Å². The van der Waals surface area contributed by atoms with Crippen molar-refractivity contribution in [3.63, 3.8) is 0 Å². The van der Waals surface area contributed by atoms with Crippen LogP contribution < -0.4 is 0 Å². The zero-order valence-corrected chi connectivity index (χ0v) is 37.9. The fourth-order valence-corrected chi connectivity index (χ4v) is 5.65. The standard InChI is InChI=1S/C54H82O6/c1-4-7-10-13-16-19-22-25-27-29-32-35-38-41-44-47-53(56)59-50-51(49-58-52(55)46-43-40-37-34-31-24-21-18-15-12-9-6-3)60-54(57)48-45-42-39-36-33-30-28-26-23-20-17-14-11-8-5-2/h7-8,10-11,13-14,16-23,25-30,32-33,51H,4-6,9,12,15,24,31,34-50H2,1-3H3/b10-7-,11-8-,16-13-,17-14-,21-18-,22-19-,23-20-,27-25-,28-26-,32-29-,33-30-. The van der Waals surface area contributed by atoms with Crippen LogP contribution in [0.5, 0.6) is 0 Å². The molecule has 334 valence electrons. The van der Waals surface area contributed by atoms with E-state index >= 15 is 0 Å². The molecule has 0 aliphatic heterocycles. The summed E-state index contributed by atoms with van der Waals surface area (Å²) in [6.45, 7) is 6.21. The van der Waals surface area contributed by atoms with E-state index in [0.717, 1.165) is 89.9 Å². The summed E-state index contributed by atoms with van der Waals surface area (Å²) >= 11 is 0. The average Bonchev–Trinajstić information content (AvgIpc) is 3.24. The van der Waals surface area contributed by atoms with Crippen molar-refractivity contribution in [3.8, 4) is 0 Å². The molecule has 0 radical (unpaired) electrons. The highest BCUT2D eigenvalue weighted by Gasteiger charge is 2.19. The van der Waals surface area contributed by atoms with Crippen molar-refractivity contribution < 1.29 is 28.6 Å². The van der Waals surface area contributed by atoms with Crippen LogP contribution in [0, 0.1) is 0 Å². The van der Waals surface area contributed by atoms with E-state index < -0.39 is 6.10 Å². The number of allylic oxidation sites excluding steroid dienone is 22. The van der Waals surface area contributed by atoms with Gasteiger partial charge in [-0.05, 0) is 83.5 Å². The van der Waals surface area contributed by atoms with Crippen molar-refractivity contribution in [1.82, 2.24) is 0 Å². The predicted molar refractivity (Wildman–Crippen MR) is 256 cm³/mol. The topological polar surface area (TPSA) is 78.9 Å². The van der Waals surface area contributed by atoms with E-state index in [1.54, 1.807) is 0 Å². The third-order valence-corrected chi connectivity index (χ3v) is 9.13. The zero-order chi connectivity index (χ0) is 43.7. The molecule has 0 aliphatic rings. The molecule has 0 saturated carbocycles. The monoisotopic (exact) mass is 827 g/mol. The highest BCUT2D eigenvalue weighted by Crippen LogP contribution is 2.12. The lowest BCUT2D eigenvalue weighted by molar-refractivity contribution is -0.167. The molecule has 0 saturated heterocycles. The van der Waals surface area contributed by atoms with Gasteiger partial charge in [-0.2, -0.15) is 0 Å². The van der Waals surface area contributed by atoms with Crippen LogP contribution in [0.1, 0.15) is 168 Å². The lowest BCUT2D eigenvalue weighted by Crippen LogP contribution is -2.30. The first-order chi connectivity index (χ1) is 29.5. The Morgan fingerprint density at radius 3 is 1.08 bits per heavy atom. The summed E-state index contributed by atoms with van der Waals surface area (Å²) in [7, 11) is 0. The smallest absolute Gasteiger partial charge is 0.306 e. The molecule has 0 aromatic rings. The van der Waals surface area contributed by atoms with Gasteiger partial charge in [0.2, 0.25) is 0 Å². The molecule has 0 heterocycles. The van der Waals surface area contributed by atoms with Gasteiger partial charge in [0.05, 0.1) is 0 Å². The minimum Gasteiger partial charge on any atom is -0.462 e. The van der Waals surface area contributed by atoms with E-state index in [0.29, 0.717) is 19.3 Å². The van der Waals surface area contributed by atoms with Crippen LogP contribution in [0.25, 0.3) is 0 Å². The maximum Gasteiger partial charge on any atom is 0.306 e. The van der Waals surface area contributed by atoms with Crippen LogP contribution in [-0.2, 0) is 28.6 Å². The van der Waals surface area contributed by atoms with E-state index in [-0.39, 0.29) is 37.5 Å². The molecule has 1 unspecified atom stereocenters. The van der Waals surface area contributed by atoms with E-state index in [2.05, 4.69) is 57.2 Å². The molecule has 1 atom stereocenters. The van der Waals surface area contributed by atoms with E-state index in [1.165, 1.54) is 32.1 Å². The largest absolute Gasteiger partial charge is 0.462 e. The van der Waals surface area contributed by atoms with Gasteiger partial charge in [-0.1, -0.05) is 199 Å². The third kappa shape index (κ3) is 44.6. The molecule has 0 aliphatic carbocycles. The van der Waals surface area contributed by atoms with Crippen molar-refractivity contribution in [3.05, 3.63) is 134 Å². The Bertz CT molecular complexity index is 1370. The lowest BCUT2D eigenvalue weighted by atomic mass is 10.1. The van der Waals surface area contributed by atoms with E-state index in [1.807, 2.05) is 97.2 Å². The number of ether oxygens (including phenoxy) is 3. The van der Waals surface area contributed by atoms with Crippen LogP contribution in [-0.4, -0.2) is 37.2 Å². The third-order valence-electron chi connectivity index (χ3n) is 9.13. The number of unbranched alkanes of at least 4 members (excludes halogenated alkanes) is 14. The second-order valence-corrected chi connectivity index (χ2v) is 14.8. The molecule has 0 bridgehead atoms. The molecule has 6 heteroatoms. The van der Waals surface area contributed by atoms with Crippen molar-refractivity contribution in [2.75, 3.05) is 13.2 Å². The Labute approximate surface area is 366 Å². The van der Waals surface area contributed by atoms with Gasteiger partial charge in [0.15, 0.2) is 6.10 Å². The molecule has 0 aromatic heterocycles. The second-order valence-electron chi connectivity index (χ2n) is 14.8.